The van der Waals surface area contributed by atoms with E-state index in [4.69, 9.17) is 5.11 Å². The van der Waals surface area contributed by atoms with Crippen LogP contribution in [-0.4, -0.2) is 23.1 Å². The van der Waals surface area contributed by atoms with Crippen LogP contribution < -0.4 is 4.90 Å². The number of benzene rings is 1. The van der Waals surface area contributed by atoms with Crippen molar-refractivity contribution in [2.75, 3.05) is 11.9 Å². The molecule has 92 valence electrons. The molecule has 0 fully saturated rings. The average molecular weight is 242 g/mol. The number of hydrogen-bond donors (Lipinski definition) is 1. The number of para-hydroxylation sites is 1. The first-order valence-corrected chi connectivity index (χ1v) is 5.61. The fraction of sp³-hybridized carbons (Fsp3) is 0.143. The van der Waals surface area contributed by atoms with E-state index in [1.165, 1.54) is 6.20 Å². The summed E-state index contributed by atoms with van der Waals surface area (Å²) in [6.45, 7) is 0.646. The SMILES string of the molecule is CN(Cc1ccnc(C(=O)O)c1)c1ccccc1. The van der Waals surface area contributed by atoms with Gasteiger partial charge in [0.15, 0.2) is 0 Å². The summed E-state index contributed by atoms with van der Waals surface area (Å²) in [5.74, 6) is -1.00. The number of hydrogen-bond acceptors (Lipinski definition) is 3. The molecule has 0 atom stereocenters. The minimum Gasteiger partial charge on any atom is -0.477 e. The van der Waals surface area contributed by atoms with Crippen LogP contribution in [0.5, 0.6) is 0 Å². The number of carbonyl (C=O) groups is 1. The Labute approximate surface area is 106 Å². The van der Waals surface area contributed by atoms with Gasteiger partial charge in [-0.25, -0.2) is 9.78 Å². The highest BCUT2D eigenvalue weighted by atomic mass is 16.4. The first-order chi connectivity index (χ1) is 8.66. The molecule has 1 N–H and O–H groups in total. The lowest BCUT2D eigenvalue weighted by Gasteiger charge is -2.19. The van der Waals surface area contributed by atoms with Crippen LogP contribution in [0.2, 0.25) is 0 Å². The fourth-order valence-electron chi connectivity index (χ4n) is 1.74. The number of nitrogens with zero attached hydrogens (tertiary/aromatic N) is 2. The van der Waals surface area contributed by atoms with Crippen molar-refractivity contribution in [1.82, 2.24) is 4.98 Å². The summed E-state index contributed by atoms with van der Waals surface area (Å²) in [4.78, 5) is 16.7. The van der Waals surface area contributed by atoms with Gasteiger partial charge in [0, 0.05) is 25.5 Å². The van der Waals surface area contributed by atoms with Crippen molar-refractivity contribution in [3.05, 3.63) is 59.9 Å². The minimum absolute atomic E-state index is 0.0777. The second kappa shape index (κ2) is 5.31. The number of aromatic carboxylic acids is 1. The zero-order chi connectivity index (χ0) is 13.0. The van der Waals surface area contributed by atoms with Gasteiger partial charge in [0.1, 0.15) is 5.69 Å². The third kappa shape index (κ3) is 2.85. The van der Waals surface area contributed by atoms with Crippen LogP contribution in [0.15, 0.2) is 48.7 Å². The number of pyridine rings is 1. The molecule has 1 aromatic heterocycles. The third-order valence-corrected chi connectivity index (χ3v) is 2.66. The van der Waals surface area contributed by atoms with E-state index in [1.807, 2.05) is 43.4 Å². The largest absolute Gasteiger partial charge is 0.477 e. The average Bonchev–Trinajstić information content (AvgIpc) is 2.40. The molecule has 4 nitrogen and oxygen atoms in total. The lowest BCUT2D eigenvalue weighted by Crippen LogP contribution is -2.16. The molecule has 18 heavy (non-hydrogen) atoms. The Morgan fingerprint density at radius 2 is 2.00 bits per heavy atom. The van der Waals surface area contributed by atoms with Crippen molar-refractivity contribution in [3.8, 4) is 0 Å². The highest BCUT2D eigenvalue weighted by molar-refractivity contribution is 5.85. The summed E-state index contributed by atoms with van der Waals surface area (Å²) in [6, 6.07) is 13.4. The van der Waals surface area contributed by atoms with Gasteiger partial charge < -0.3 is 10.0 Å². The van der Waals surface area contributed by atoms with E-state index < -0.39 is 5.97 Å². The Bertz CT molecular complexity index is 541. The van der Waals surface area contributed by atoms with Gasteiger partial charge in [0.25, 0.3) is 0 Å². The summed E-state index contributed by atoms with van der Waals surface area (Å²) in [5, 5.41) is 8.88. The van der Waals surface area contributed by atoms with Gasteiger partial charge in [-0.2, -0.15) is 0 Å². The highest BCUT2D eigenvalue weighted by Crippen LogP contribution is 2.14. The molecule has 0 spiro atoms. The number of carboxylic acid groups (broad SMARTS) is 1. The van der Waals surface area contributed by atoms with Crippen molar-refractivity contribution in [3.63, 3.8) is 0 Å². The normalized spacial score (nSPS) is 10.1. The van der Waals surface area contributed by atoms with Crippen LogP contribution in [0, 0.1) is 0 Å². The molecule has 2 rings (SSSR count). The summed E-state index contributed by atoms with van der Waals surface area (Å²) < 4.78 is 0. The Balaban J connectivity index is 2.14. The lowest BCUT2D eigenvalue weighted by molar-refractivity contribution is 0.0690. The first-order valence-electron chi connectivity index (χ1n) is 5.61. The van der Waals surface area contributed by atoms with Crippen LogP contribution >= 0.6 is 0 Å². The molecule has 0 radical (unpaired) electrons. The number of rotatable bonds is 4. The van der Waals surface area contributed by atoms with Crippen molar-refractivity contribution in [1.29, 1.82) is 0 Å². The monoisotopic (exact) mass is 242 g/mol. The molecule has 4 heteroatoms. The van der Waals surface area contributed by atoms with Crippen molar-refractivity contribution in [2.24, 2.45) is 0 Å². The molecule has 2 aromatic rings. The van der Waals surface area contributed by atoms with Gasteiger partial charge >= 0.3 is 5.97 Å². The molecule has 1 heterocycles. The maximum atomic E-state index is 10.8. The Hall–Kier alpha value is -2.36. The third-order valence-electron chi connectivity index (χ3n) is 2.66. The van der Waals surface area contributed by atoms with Crippen LogP contribution in [0.1, 0.15) is 16.1 Å². The minimum atomic E-state index is -1.00. The maximum Gasteiger partial charge on any atom is 0.354 e. The van der Waals surface area contributed by atoms with E-state index in [-0.39, 0.29) is 5.69 Å². The molecule has 0 bridgehead atoms. The number of anilines is 1. The molecule has 0 saturated heterocycles. The maximum absolute atomic E-state index is 10.8. The quantitative estimate of drug-likeness (QED) is 0.894. The lowest BCUT2D eigenvalue weighted by atomic mass is 10.2. The second-order valence-corrected chi connectivity index (χ2v) is 4.05. The topological polar surface area (TPSA) is 53.4 Å². The zero-order valence-corrected chi connectivity index (χ0v) is 10.1. The summed E-state index contributed by atoms with van der Waals surface area (Å²) in [6.07, 6.45) is 1.53. The molecule has 0 unspecified atom stereocenters. The number of carboxylic acids is 1. The second-order valence-electron chi connectivity index (χ2n) is 4.05. The van der Waals surface area contributed by atoms with E-state index in [2.05, 4.69) is 9.88 Å². The van der Waals surface area contributed by atoms with Crippen LogP contribution in [0.25, 0.3) is 0 Å². The van der Waals surface area contributed by atoms with Gasteiger partial charge in [-0.1, -0.05) is 18.2 Å². The number of aromatic nitrogens is 1. The van der Waals surface area contributed by atoms with Gasteiger partial charge in [0.2, 0.25) is 0 Å². The van der Waals surface area contributed by atoms with E-state index in [0.29, 0.717) is 6.54 Å². The van der Waals surface area contributed by atoms with Gasteiger partial charge in [-0.15, -0.1) is 0 Å². The van der Waals surface area contributed by atoms with Crippen molar-refractivity contribution in [2.45, 2.75) is 6.54 Å². The molecule has 0 amide bonds. The molecule has 0 aliphatic rings. The Morgan fingerprint density at radius 1 is 1.28 bits per heavy atom. The molecule has 0 saturated carbocycles. The van der Waals surface area contributed by atoms with Gasteiger partial charge in [-0.05, 0) is 29.8 Å². The molecular formula is C14H14N2O2. The molecule has 1 aromatic carbocycles. The van der Waals surface area contributed by atoms with E-state index in [9.17, 15) is 4.79 Å². The first kappa shape index (κ1) is 12.1. The van der Waals surface area contributed by atoms with Crippen LogP contribution in [0.3, 0.4) is 0 Å². The van der Waals surface area contributed by atoms with E-state index in [1.54, 1.807) is 6.07 Å². The predicted octanol–water partition coefficient (Wildman–Crippen LogP) is 2.42. The standard InChI is InChI=1S/C14H14N2O2/c1-16(12-5-3-2-4-6-12)10-11-7-8-15-13(9-11)14(17)18/h2-9H,10H2,1H3,(H,17,18). The summed E-state index contributed by atoms with van der Waals surface area (Å²) in [5.41, 5.74) is 2.09. The van der Waals surface area contributed by atoms with E-state index >= 15 is 0 Å². The Morgan fingerprint density at radius 3 is 2.67 bits per heavy atom. The summed E-state index contributed by atoms with van der Waals surface area (Å²) in [7, 11) is 1.97. The molecule has 0 aliphatic carbocycles. The van der Waals surface area contributed by atoms with Gasteiger partial charge in [0.05, 0.1) is 0 Å². The van der Waals surface area contributed by atoms with Crippen molar-refractivity contribution >= 4 is 11.7 Å². The summed E-state index contributed by atoms with van der Waals surface area (Å²) >= 11 is 0. The smallest absolute Gasteiger partial charge is 0.354 e. The fourth-order valence-corrected chi connectivity index (χ4v) is 1.74. The predicted molar refractivity (Wildman–Crippen MR) is 69.7 cm³/mol. The highest BCUT2D eigenvalue weighted by Gasteiger charge is 2.07. The van der Waals surface area contributed by atoms with Crippen LogP contribution in [0.4, 0.5) is 5.69 Å². The van der Waals surface area contributed by atoms with Gasteiger partial charge in [-0.3, -0.25) is 0 Å². The molecular weight excluding hydrogens is 228 g/mol. The van der Waals surface area contributed by atoms with E-state index in [0.717, 1.165) is 11.3 Å². The Kier molecular flexibility index (Phi) is 3.57. The van der Waals surface area contributed by atoms with Crippen LogP contribution in [-0.2, 0) is 6.54 Å². The zero-order valence-electron chi connectivity index (χ0n) is 10.1. The van der Waals surface area contributed by atoms with Crippen molar-refractivity contribution < 1.29 is 9.90 Å². The molecule has 0 aliphatic heterocycles.